The first-order valence-corrected chi connectivity index (χ1v) is 10.8. The van der Waals surface area contributed by atoms with Crippen molar-refractivity contribution >= 4 is 23.4 Å². The molecular weight excluding hydrogens is 428 g/mol. The van der Waals surface area contributed by atoms with E-state index in [1.54, 1.807) is 44.7 Å². The summed E-state index contributed by atoms with van der Waals surface area (Å²) in [6, 6.07) is 16.8. The van der Waals surface area contributed by atoms with Gasteiger partial charge in [-0.05, 0) is 43.3 Å². The fourth-order valence-corrected chi connectivity index (χ4v) is 3.85. The summed E-state index contributed by atoms with van der Waals surface area (Å²) in [5, 5.41) is 12.1. The summed E-state index contributed by atoms with van der Waals surface area (Å²) in [6.45, 7) is 2.03. The van der Waals surface area contributed by atoms with Crippen molar-refractivity contribution in [1.82, 2.24) is 14.8 Å². The molecule has 4 aromatic rings. The van der Waals surface area contributed by atoms with E-state index in [2.05, 4.69) is 15.5 Å². The second-order valence-corrected chi connectivity index (χ2v) is 7.80. The van der Waals surface area contributed by atoms with Gasteiger partial charge in [-0.2, -0.15) is 0 Å². The minimum absolute atomic E-state index is 0.149. The SMILES string of the molecule is COc1ccc(NC(=O)CSc2nnc(-c3ccco3)n2-c2ccc(C)cc2)cc1OC. The fraction of sp³-hybridized carbons (Fsp3) is 0.174. The van der Waals surface area contributed by atoms with Gasteiger partial charge in [0.2, 0.25) is 11.7 Å². The molecule has 0 aliphatic carbocycles. The standard InChI is InChI=1S/C23H22N4O4S/c1-15-6-9-17(10-7-15)27-22(19-5-4-12-31-19)25-26-23(27)32-14-21(28)24-16-8-11-18(29-2)20(13-16)30-3/h4-13H,14H2,1-3H3,(H,24,28). The third kappa shape index (κ3) is 4.62. The molecule has 1 N–H and O–H groups in total. The summed E-state index contributed by atoms with van der Waals surface area (Å²) in [4.78, 5) is 12.6. The number of aryl methyl sites for hydroxylation is 1. The summed E-state index contributed by atoms with van der Waals surface area (Å²) in [7, 11) is 3.11. The highest BCUT2D eigenvalue weighted by atomic mass is 32.2. The molecule has 0 saturated carbocycles. The normalized spacial score (nSPS) is 10.7. The molecule has 32 heavy (non-hydrogen) atoms. The Balaban J connectivity index is 1.53. The molecule has 0 radical (unpaired) electrons. The van der Waals surface area contributed by atoms with E-state index in [1.807, 2.05) is 41.8 Å². The van der Waals surface area contributed by atoms with E-state index in [0.29, 0.717) is 33.9 Å². The summed E-state index contributed by atoms with van der Waals surface area (Å²) in [6.07, 6.45) is 1.59. The van der Waals surface area contributed by atoms with Crippen molar-refractivity contribution in [3.63, 3.8) is 0 Å². The van der Waals surface area contributed by atoms with Crippen molar-refractivity contribution < 1.29 is 18.7 Å². The zero-order valence-corrected chi connectivity index (χ0v) is 18.7. The van der Waals surface area contributed by atoms with E-state index < -0.39 is 0 Å². The molecule has 164 valence electrons. The van der Waals surface area contributed by atoms with Gasteiger partial charge in [-0.15, -0.1) is 10.2 Å². The molecule has 2 aromatic carbocycles. The fourth-order valence-electron chi connectivity index (χ4n) is 3.10. The third-order valence-electron chi connectivity index (χ3n) is 4.67. The highest BCUT2D eigenvalue weighted by Gasteiger charge is 2.19. The second-order valence-electron chi connectivity index (χ2n) is 6.86. The number of carbonyl (C=O) groups is 1. The van der Waals surface area contributed by atoms with E-state index >= 15 is 0 Å². The van der Waals surface area contributed by atoms with Crippen molar-refractivity contribution in [2.24, 2.45) is 0 Å². The number of thioether (sulfide) groups is 1. The maximum Gasteiger partial charge on any atom is 0.234 e. The van der Waals surface area contributed by atoms with Gasteiger partial charge in [0.05, 0.1) is 26.2 Å². The highest BCUT2D eigenvalue weighted by molar-refractivity contribution is 7.99. The Hall–Kier alpha value is -3.72. The Morgan fingerprint density at radius 3 is 2.53 bits per heavy atom. The predicted molar refractivity (Wildman–Crippen MR) is 123 cm³/mol. The van der Waals surface area contributed by atoms with Crippen LogP contribution in [-0.2, 0) is 4.79 Å². The summed E-state index contributed by atoms with van der Waals surface area (Å²) < 4.78 is 17.9. The third-order valence-corrected chi connectivity index (χ3v) is 5.60. The maximum absolute atomic E-state index is 12.6. The lowest BCUT2D eigenvalue weighted by Gasteiger charge is -2.11. The number of carbonyl (C=O) groups excluding carboxylic acids is 1. The van der Waals surface area contributed by atoms with Gasteiger partial charge >= 0.3 is 0 Å². The number of ether oxygens (including phenoxy) is 2. The number of rotatable bonds is 8. The molecule has 4 rings (SSSR count). The van der Waals surface area contributed by atoms with Crippen molar-refractivity contribution in [1.29, 1.82) is 0 Å². The number of anilines is 1. The average Bonchev–Trinajstić information content (AvgIpc) is 3.48. The van der Waals surface area contributed by atoms with E-state index in [0.717, 1.165) is 11.3 Å². The smallest absolute Gasteiger partial charge is 0.234 e. The van der Waals surface area contributed by atoms with E-state index in [1.165, 1.54) is 11.8 Å². The minimum Gasteiger partial charge on any atom is -0.493 e. The van der Waals surface area contributed by atoms with Crippen LogP contribution in [0.4, 0.5) is 5.69 Å². The van der Waals surface area contributed by atoms with Gasteiger partial charge in [0.1, 0.15) is 0 Å². The molecule has 0 saturated heterocycles. The van der Waals surface area contributed by atoms with Crippen LogP contribution in [0.3, 0.4) is 0 Å². The van der Waals surface area contributed by atoms with Gasteiger partial charge in [-0.3, -0.25) is 9.36 Å². The number of hydrogen-bond acceptors (Lipinski definition) is 7. The van der Waals surface area contributed by atoms with Crippen LogP contribution in [-0.4, -0.2) is 40.6 Å². The van der Waals surface area contributed by atoms with Gasteiger partial charge in [0.25, 0.3) is 0 Å². The number of furan rings is 1. The number of hydrogen-bond donors (Lipinski definition) is 1. The molecule has 2 aromatic heterocycles. The van der Waals surface area contributed by atoms with Crippen molar-refractivity contribution in [3.05, 3.63) is 66.4 Å². The lowest BCUT2D eigenvalue weighted by molar-refractivity contribution is -0.113. The van der Waals surface area contributed by atoms with E-state index in [9.17, 15) is 4.79 Å². The molecule has 0 aliphatic heterocycles. The quantitative estimate of drug-likeness (QED) is 0.393. The lowest BCUT2D eigenvalue weighted by Crippen LogP contribution is -2.14. The number of benzene rings is 2. The van der Waals surface area contributed by atoms with Crippen LogP contribution in [0.5, 0.6) is 11.5 Å². The molecule has 0 atom stereocenters. The topological polar surface area (TPSA) is 91.4 Å². The number of amides is 1. The van der Waals surface area contributed by atoms with Crippen LogP contribution in [0, 0.1) is 6.92 Å². The highest BCUT2D eigenvalue weighted by Crippen LogP contribution is 2.31. The van der Waals surface area contributed by atoms with Gasteiger partial charge in [0.15, 0.2) is 22.4 Å². The number of aromatic nitrogens is 3. The Morgan fingerprint density at radius 1 is 1.06 bits per heavy atom. The molecule has 0 bridgehead atoms. The van der Waals surface area contributed by atoms with Crippen LogP contribution in [0.25, 0.3) is 17.3 Å². The Labute approximate surface area is 189 Å². The first-order valence-electron chi connectivity index (χ1n) is 9.80. The monoisotopic (exact) mass is 450 g/mol. The van der Waals surface area contributed by atoms with Gasteiger partial charge < -0.3 is 19.2 Å². The van der Waals surface area contributed by atoms with Crippen LogP contribution in [0.1, 0.15) is 5.56 Å². The summed E-state index contributed by atoms with van der Waals surface area (Å²) >= 11 is 1.29. The molecule has 1 amide bonds. The zero-order valence-electron chi connectivity index (χ0n) is 17.9. The Morgan fingerprint density at radius 2 is 1.84 bits per heavy atom. The average molecular weight is 451 g/mol. The molecular formula is C23H22N4O4S. The molecule has 8 nitrogen and oxygen atoms in total. The van der Waals surface area contributed by atoms with Crippen molar-refractivity contribution in [2.45, 2.75) is 12.1 Å². The van der Waals surface area contributed by atoms with Gasteiger partial charge in [-0.1, -0.05) is 29.5 Å². The molecule has 0 aliphatic rings. The van der Waals surface area contributed by atoms with E-state index in [4.69, 9.17) is 13.9 Å². The lowest BCUT2D eigenvalue weighted by atomic mass is 10.2. The molecule has 0 unspecified atom stereocenters. The summed E-state index contributed by atoms with van der Waals surface area (Å²) in [5.41, 5.74) is 2.64. The Kier molecular flexibility index (Phi) is 6.46. The Bertz CT molecular complexity index is 1200. The van der Waals surface area contributed by atoms with Crippen LogP contribution >= 0.6 is 11.8 Å². The van der Waals surface area contributed by atoms with E-state index in [-0.39, 0.29) is 11.7 Å². The molecule has 0 fully saturated rings. The maximum atomic E-state index is 12.6. The predicted octanol–water partition coefficient (Wildman–Crippen LogP) is 4.58. The molecule has 2 heterocycles. The van der Waals surface area contributed by atoms with Crippen molar-refractivity contribution in [3.8, 4) is 28.8 Å². The zero-order chi connectivity index (χ0) is 22.5. The first kappa shape index (κ1) is 21.5. The summed E-state index contributed by atoms with van der Waals surface area (Å²) in [5.74, 6) is 2.27. The first-order chi connectivity index (χ1) is 15.6. The van der Waals surface area contributed by atoms with Gasteiger partial charge in [0, 0.05) is 17.4 Å². The van der Waals surface area contributed by atoms with Gasteiger partial charge in [-0.25, -0.2) is 0 Å². The number of methoxy groups -OCH3 is 2. The molecule has 0 spiro atoms. The van der Waals surface area contributed by atoms with Crippen molar-refractivity contribution in [2.75, 3.05) is 25.3 Å². The largest absolute Gasteiger partial charge is 0.493 e. The number of nitrogens with zero attached hydrogens (tertiary/aromatic N) is 3. The van der Waals surface area contributed by atoms with Crippen LogP contribution in [0.15, 0.2) is 70.4 Å². The molecule has 9 heteroatoms. The number of nitrogens with one attached hydrogen (secondary N) is 1. The minimum atomic E-state index is -0.180. The van der Waals surface area contributed by atoms with Crippen LogP contribution in [0.2, 0.25) is 0 Å². The second kappa shape index (κ2) is 9.61. The van der Waals surface area contributed by atoms with Crippen LogP contribution < -0.4 is 14.8 Å².